The number of hydrogen-bond donors (Lipinski definition) is 2. The van der Waals surface area contributed by atoms with Gasteiger partial charge in [-0.25, -0.2) is 0 Å². The maximum Gasteiger partial charge on any atom is 0.228 e. The number of ether oxygens (including phenoxy) is 1. The van der Waals surface area contributed by atoms with E-state index in [-0.39, 0.29) is 24.0 Å². The number of anilines is 1. The van der Waals surface area contributed by atoms with Gasteiger partial charge in [-0.2, -0.15) is 0 Å². The van der Waals surface area contributed by atoms with Gasteiger partial charge in [-0.1, -0.05) is 55.0 Å². The summed E-state index contributed by atoms with van der Waals surface area (Å²) in [5.74, 6) is 0.742. The number of aliphatic hydroxyl groups excluding tert-OH is 1. The predicted octanol–water partition coefficient (Wildman–Crippen LogP) is 5.18. The average Bonchev–Trinajstić information content (AvgIpc) is 2.69. The van der Waals surface area contributed by atoms with E-state index in [4.69, 9.17) is 4.74 Å². The molecule has 0 aliphatic heterocycles. The Hall–Kier alpha value is -3.01. The van der Waals surface area contributed by atoms with Gasteiger partial charge in [-0.15, -0.1) is 0 Å². The summed E-state index contributed by atoms with van der Waals surface area (Å²) in [5.41, 5.74) is 4.28. The molecule has 2 N–H and O–H groups in total. The van der Waals surface area contributed by atoms with Crippen LogP contribution in [0.1, 0.15) is 30.9 Å². The minimum absolute atomic E-state index is 0.0600. The van der Waals surface area contributed by atoms with Crippen molar-refractivity contribution >= 4 is 11.6 Å². The first-order valence-corrected chi connectivity index (χ1v) is 9.64. The number of nitrogens with one attached hydrogen (secondary N) is 1. The standard InChI is InChI=1S/C24H27NO3/c1-17-13-22(26)23(28-2)15-20(17)16-24(27)25-21-10-6-9-19(14-21)12-11-18-7-4-3-5-8-18/h3-10,14-15,17,26H,11-13,16H2,1-2H3,(H,25,27). The second-order valence-electron chi connectivity index (χ2n) is 7.25. The summed E-state index contributed by atoms with van der Waals surface area (Å²) in [7, 11) is 1.52. The van der Waals surface area contributed by atoms with E-state index in [1.54, 1.807) is 6.08 Å². The Morgan fingerprint density at radius 3 is 2.57 bits per heavy atom. The maximum atomic E-state index is 12.5. The molecule has 2 aromatic carbocycles. The van der Waals surface area contributed by atoms with Gasteiger partial charge in [-0.3, -0.25) is 4.79 Å². The summed E-state index contributed by atoms with van der Waals surface area (Å²) in [6.45, 7) is 2.01. The quantitative estimate of drug-likeness (QED) is 0.699. The number of benzene rings is 2. The van der Waals surface area contributed by atoms with Crippen molar-refractivity contribution in [3.8, 4) is 0 Å². The van der Waals surface area contributed by atoms with Crippen molar-refractivity contribution in [2.75, 3.05) is 12.4 Å². The fraction of sp³-hybridized carbons (Fsp3) is 0.292. The van der Waals surface area contributed by atoms with E-state index in [0.717, 1.165) is 24.1 Å². The molecule has 1 amide bonds. The zero-order valence-electron chi connectivity index (χ0n) is 16.4. The Labute approximate surface area is 166 Å². The molecule has 0 radical (unpaired) electrons. The summed E-state index contributed by atoms with van der Waals surface area (Å²) in [5, 5.41) is 12.9. The van der Waals surface area contributed by atoms with Gasteiger partial charge in [-0.05, 0) is 48.1 Å². The fourth-order valence-electron chi connectivity index (χ4n) is 3.45. The Morgan fingerprint density at radius 2 is 1.82 bits per heavy atom. The summed E-state index contributed by atoms with van der Waals surface area (Å²) in [6, 6.07) is 18.4. The first-order chi connectivity index (χ1) is 13.5. The van der Waals surface area contributed by atoms with E-state index in [2.05, 4.69) is 35.6 Å². The number of rotatable bonds is 7. The Morgan fingerprint density at radius 1 is 1.11 bits per heavy atom. The van der Waals surface area contributed by atoms with E-state index >= 15 is 0 Å². The van der Waals surface area contributed by atoms with Gasteiger partial charge in [0.05, 0.1) is 7.11 Å². The van der Waals surface area contributed by atoms with Crippen LogP contribution in [0.15, 0.2) is 77.8 Å². The third-order valence-electron chi connectivity index (χ3n) is 5.07. The van der Waals surface area contributed by atoms with Crippen molar-refractivity contribution in [1.29, 1.82) is 0 Å². The molecule has 2 aromatic rings. The number of aryl methyl sites for hydroxylation is 2. The molecule has 0 saturated carbocycles. The second kappa shape index (κ2) is 9.27. The molecule has 146 valence electrons. The normalized spacial score (nSPS) is 16.5. The number of allylic oxidation sites excluding steroid dienone is 2. The van der Waals surface area contributed by atoms with Crippen molar-refractivity contribution < 1.29 is 14.6 Å². The van der Waals surface area contributed by atoms with Crippen molar-refractivity contribution in [3.05, 3.63) is 88.9 Å². The highest BCUT2D eigenvalue weighted by atomic mass is 16.5. The summed E-state index contributed by atoms with van der Waals surface area (Å²) in [6.07, 6.45) is 4.46. The number of hydrogen-bond acceptors (Lipinski definition) is 3. The smallest absolute Gasteiger partial charge is 0.228 e. The van der Waals surface area contributed by atoms with Crippen molar-refractivity contribution in [3.63, 3.8) is 0 Å². The number of carbonyl (C=O) groups excluding carboxylic acids is 1. The van der Waals surface area contributed by atoms with Gasteiger partial charge in [0.1, 0.15) is 5.76 Å². The molecular formula is C24H27NO3. The topological polar surface area (TPSA) is 58.6 Å². The van der Waals surface area contributed by atoms with Gasteiger partial charge in [0, 0.05) is 18.5 Å². The number of aliphatic hydroxyl groups is 1. The van der Waals surface area contributed by atoms with E-state index in [1.165, 1.54) is 18.2 Å². The van der Waals surface area contributed by atoms with E-state index in [1.807, 2.05) is 31.2 Å². The highest BCUT2D eigenvalue weighted by molar-refractivity contribution is 5.92. The average molecular weight is 377 g/mol. The molecule has 0 bridgehead atoms. The molecule has 0 fully saturated rings. The molecule has 1 aliphatic carbocycles. The fourth-order valence-corrected chi connectivity index (χ4v) is 3.45. The summed E-state index contributed by atoms with van der Waals surface area (Å²) >= 11 is 0. The van der Waals surface area contributed by atoms with Gasteiger partial charge >= 0.3 is 0 Å². The lowest BCUT2D eigenvalue weighted by atomic mass is 9.89. The molecule has 28 heavy (non-hydrogen) atoms. The number of amides is 1. The van der Waals surface area contributed by atoms with Crippen LogP contribution in [0.5, 0.6) is 0 Å². The molecule has 4 heteroatoms. The van der Waals surface area contributed by atoms with E-state index < -0.39 is 0 Å². The molecule has 4 nitrogen and oxygen atoms in total. The minimum atomic E-state index is -0.0600. The lowest BCUT2D eigenvalue weighted by molar-refractivity contribution is -0.115. The zero-order valence-corrected chi connectivity index (χ0v) is 16.4. The zero-order chi connectivity index (χ0) is 19.9. The van der Waals surface area contributed by atoms with Gasteiger partial charge in [0.2, 0.25) is 5.91 Å². The van der Waals surface area contributed by atoms with Gasteiger partial charge in [0.15, 0.2) is 5.76 Å². The van der Waals surface area contributed by atoms with Crippen LogP contribution in [0.4, 0.5) is 5.69 Å². The monoisotopic (exact) mass is 377 g/mol. The molecule has 0 heterocycles. The molecular weight excluding hydrogens is 350 g/mol. The van der Waals surface area contributed by atoms with Crippen molar-refractivity contribution in [1.82, 2.24) is 0 Å². The highest BCUT2D eigenvalue weighted by Crippen LogP contribution is 2.30. The first kappa shape index (κ1) is 19.7. The maximum absolute atomic E-state index is 12.5. The number of carbonyl (C=O) groups is 1. The lowest BCUT2D eigenvalue weighted by Gasteiger charge is -2.22. The van der Waals surface area contributed by atoms with Crippen molar-refractivity contribution in [2.45, 2.75) is 32.6 Å². The van der Waals surface area contributed by atoms with Crippen LogP contribution >= 0.6 is 0 Å². The van der Waals surface area contributed by atoms with Crippen LogP contribution in [0.2, 0.25) is 0 Å². The third kappa shape index (κ3) is 5.26. The van der Waals surface area contributed by atoms with Crippen LogP contribution in [-0.2, 0) is 22.4 Å². The van der Waals surface area contributed by atoms with Crippen LogP contribution in [0, 0.1) is 5.92 Å². The number of methoxy groups -OCH3 is 1. The predicted molar refractivity (Wildman–Crippen MR) is 112 cm³/mol. The van der Waals surface area contributed by atoms with Crippen molar-refractivity contribution in [2.24, 2.45) is 5.92 Å². The van der Waals surface area contributed by atoms with E-state index in [0.29, 0.717) is 12.2 Å². The molecule has 0 saturated heterocycles. The van der Waals surface area contributed by atoms with Gasteiger partial charge < -0.3 is 15.2 Å². The van der Waals surface area contributed by atoms with Crippen LogP contribution in [0.25, 0.3) is 0 Å². The lowest BCUT2D eigenvalue weighted by Crippen LogP contribution is -2.17. The third-order valence-corrected chi connectivity index (χ3v) is 5.07. The molecule has 1 unspecified atom stereocenters. The van der Waals surface area contributed by atoms with Crippen LogP contribution in [0.3, 0.4) is 0 Å². The Bertz CT molecular complexity index is 884. The largest absolute Gasteiger partial charge is 0.508 e. The minimum Gasteiger partial charge on any atom is -0.508 e. The second-order valence-corrected chi connectivity index (χ2v) is 7.25. The Balaban J connectivity index is 1.60. The van der Waals surface area contributed by atoms with Crippen LogP contribution < -0.4 is 5.32 Å². The SMILES string of the molecule is COC1=C(O)CC(C)C(CC(=O)Nc2cccc(CCc3ccccc3)c2)=C1. The molecule has 1 aliphatic rings. The molecule has 1 atom stereocenters. The first-order valence-electron chi connectivity index (χ1n) is 9.64. The summed E-state index contributed by atoms with van der Waals surface area (Å²) < 4.78 is 5.18. The molecule has 0 spiro atoms. The van der Waals surface area contributed by atoms with Crippen LogP contribution in [-0.4, -0.2) is 18.1 Å². The highest BCUT2D eigenvalue weighted by Gasteiger charge is 2.22. The Kier molecular flexibility index (Phi) is 6.53. The summed E-state index contributed by atoms with van der Waals surface area (Å²) in [4.78, 5) is 12.5. The molecule has 3 rings (SSSR count). The van der Waals surface area contributed by atoms with E-state index in [9.17, 15) is 9.90 Å². The van der Waals surface area contributed by atoms with Gasteiger partial charge in [0.25, 0.3) is 0 Å². The molecule has 0 aromatic heterocycles.